The molecular weight excluding hydrogens is 459 g/mol. The zero-order valence-corrected chi connectivity index (χ0v) is 19.4. The zero-order valence-electron chi connectivity index (χ0n) is 19.4. The van der Waals surface area contributed by atoms with Gasteiger partial charge in [-0.05, 0) is 49.7 Å². The molecule has 1 N–H and O–H groups in total. The minimum absolute atomic E-state index is 0.142. The highest BCUT2D eigenvalue weighted by Gasteiger charge is 2.51. The quantitative estimate of drug-likeness (QED) is 0.498. The van der Waals surface area contributed by atoms with Crippen molar-refractivity contribution in [1.82, 2.24) is 20.3 Å². The van der Waals surface area contributed by atoms with Gasteiger partial charge in [0.05, 0.1) is 11.3 Å². The van der Waals surface area contributed by atoms with E-state index >= 15 is 0 Å². The van der Waals surface area contributed by atoms with Crippen molar-refractivity contribution in [3.05, 3.63) is 72.4 Å². The predicted molar refractivity (Wildman–Crippen MR) is 125 cm³/mol. The number of rotatable bonds is 7. The van der Waals surface area contributed by atoms with Crippen molar-refractivity contribution in [1.29, 1.82) is 0 Å². The van der Waals surface area contributed by atoms with Crippen molar-refractivity contribution in [3.8, 4) is 11.3 Å². The summed E-state index contributed by atoms with van der Waals surface area (Å²) >= 11 is 0. The number of pyridine rings is 3. The number of nitrogens with zero attached hydrogens (tertiary/aromatic N) is 4. The molecule has 0 bridgehead atoms. The van der Waals surface area contributed by atoms with Crippen molar-refractivity contribution >= 4 is 11.5 Å². The first kappa shape index (κ1) is 24.7. The Morgan fingerprint density at radius 1 is 1.17 bits per heavy atom. The molecule has 4 heterocycles. The first-order valence-corrected chi connectivity index (χ1v) is 11.4. The van der Waals surface area contributed by atoms with E-state index in [4.69, 9.17) is 4.74 Å². The van der Waals surface area contributed by atoms with Gasteiger partial charge in [0.1, 0.15) is 11.8 Å². The SMILES string of the molecule is CCOC1CNCC(CC)(C(=O)c2cccnc2C(F)(F)F)N1c1ccnc(-c2cccnc2)c1. The molecule has 1 saturated heterocycles. The van der Waals surface area contributed by atoms with Crippen LogP contribution < -0.4 is 10.2 Å². The van der Waals surface area contributed by atoms with Gasteiger partial charge in [0, 0.05) is 55.7 Å². The Hall–Kier alpha value is -3.37. The van der Waals surface area contributed by atoms with Crippen LogP contribution in [-0.2, 0) is 10.9 Å². The number of alkyl halides is 3. The minimum atomic E-state index is -4.77. The van der Waals surface area contributed by atoms with Crippen molar-refractivity contribution in [2.45, 2.75) is 38.2 Å². The van der Waals surface area contributed by atoms with Crippen LogP contribution in [0.5, 0.6) is 0 Å². The van der Waals surface area contributed by atoms with Gasteiger partial charge in [0.15, 0.2) is 11.5 Å². The number of piperazine rings is 1. The zero-order chi connectivity index (χ0) is 25.1. The number of nitrogens with one attached hydrogen (secondary N) is 1. The summed E-state index contributed by atoms with van der Waals surface area (Å²) in [5.41, 5.74) is -0.994. The first-order chi connectivity index (χ1) is 16.8. The van der Waals surface area contributed by atoms with Crippen LogP contribution in [0, 0.1) is 0 Å². The van der Waals surface area contributed by atoms with Crippen molar-refractivity contribution in [2.24, 2.45) is 0 Å². The summed E-state index contributed by atoms with van der Waals surface area (Å²) in [5, 5.41) is 3.20. The summed E-state index contributed by atoms with van der Waals surface area (Å²) in [7, 11) is 0. The number of ketones is 1. The molecule has 3 aromatic heterocycles. The van der Waals surface area contributed by atoms with Crippen LogP contribution in [0.15, 0.2) is 61.2 Å². The summed E-state index contributed by atoms with van der Waals surface area (Å²) < 4.78 is 47.3. The minimum Gasteiger partial charge on any atom is -0.357 e. The van der Waals surface area contributed by atoms with Crippen LogP contribution in [-0.4, -0.2) is 52.2 Å². The fraction of sp³-hybridized carbons (Fsp3) is 0.360. The van der Waals surface area contributed by atoms with E-state index in [1.807, 2.05) is 13.0 Å². The molecule has 1 aliphatic rings. The summed E-state index contributed by atoms with van der Waals surface area (Å²) in [6.45, 7) is 4.51. The molecule has 0 aliphatic carbocycles. The average Bonchev–Trinajstić information content (AvgIpc) is 2.88. The number of hydrogen-bond acceptors (Lipinski definition) is 7. The molecule has 3 aromatic rings. The number of ether oxygens (including phenoxy) is 1. The third-order valence-electron chi connectivity index (χ3n) is 6.15. The average molecular weight is 486 g/mol. The van der Waals surface area contributed by atoms with E-state index in [2.05, 4.69) is 20.3 Å². The van der Waals surface area contributed by atoms with Crippen molar-refractivity contribution < 1.29 is 22.7 Å². The highest BCUT2D eigenvalue weighted by molar-refractivity contribution is 6.06. The van der Waals surface area contributed by atoms with Gasteiger partial charge in [-0.25, -0.2) is 0 Å². The highest BCUT2D eigenvalue weighted by atomic mass is 19.4. The predicted octanol–water partition coefficient (Wildman–Crippen LogP) is 4.36. The second kappa shape index (κ2) is 10.1. The molecule has 0 radical (unpaired) electrons. The van der Waals surface area contributed by atoms with Gasteiger partial charge in [-0.2, -0.15) is 13.2 Å². The molecule has 2 atom stereocenters. The van der Waals surface area contributed by atoms with Crippen molar-refractivity contribution in [3.63, 3.8) is 0 Å². The Morgan fingerprint density at radius 3 is 2.66 bits per heavy atom. The van der Waals surface area contributed by atoms with E-state index in [-0.39, 0.29) is 13.0 Å². The Morgan fingerprint density at radius 2 is 1.97 bits per heavy atom. The first-order valence-electron chi connectivity index (χ1n) is 11.4. The van der Waals surface area contributed by atoms with E-state index in [1.54, 1.807) is 48.6 Å². The Kier molecular flexibility index (Phi) is 7.13. The molecule has 35 heavy (non-hydrogen) atoms. The van der Waals surface area contributed by atoms with E-state index in [9.17, 15) is 18.0 Å². The van der Waals surface area contributed by atoms with Crippen LogP contribution in [0.1, 0.15) is 36.3 Å². The van der Waals surface area contributed by atoms with Gasteiger partial charge in [-0.3, -0.25) is 19.7 Å². The largest absolute Gasteiger partial charge is 0.434 e. The molecule has 0 spiro atoms. The normalized spacial score (nSPS) is 20.6. The van der Waals surface area contributed by atoms with Gasteiger partial charge >= 0.3 is 6.18 Å². The topological polar surface area (TPSA) is 80.2 Å². The Labute approximate surface area is 201 Å². The Balaban J connectivity index is 1.87. The van der Waals surface area contributed by atoms with Crippen LogP contribution in [0.2, 0.25) is 0 Å². The fourth-order valence-corrected chi connectivity index (χ4v) is 4.55. The third-order valence-corrected chi connectivity index (χ3v) is 6.15. The van der Waals surface area contributed by atoms with Crippen LogP contribution >= 0.6 is 0 Å². The fourth-order valence-electron chi connectivity index (χ4n) is 4.55. The maximum atomic E-state index is 14.0. The Bertz CT molecular complexity index is 1170. The maximum absolute atomic E-state index is 14.0. The number of halogens is 3. The van der Waals surface area contributed by atoms with E-state index < -0.39 is 35.0 Å². The molecule has 184 valence electrons. The molecule has 1 aliphatic heterocycles. The van der Waals surface area contributed by atoms with Gasteiger partial charge in [-0.15, -0.1) is 0 Å². The summed E-state index contributed by atoms with van der Waals surface area (Å²) in [6.07, 6.45) is 0.860. The second-order valence-electron chi connectivity index (χ2n) is 8.16. The van der Waals surface area contributed by atoms with Gasteiger partial charge in [0.25, 0.3) is 0 Å². The standard InChI is InChI=1S/C25H26F3N5O2/c1-3-24(23(34)19-8-6-11-32-22(19)25(26,27)28)16-30-15-21(35-4-2)33(24)18-9-12-31-20(13-18)17-7-5-10-29-14-17/h5-14,21,30H,3-4,15-16H2,1-2H3. The van der Waals surface area contributed by atoms with Gasteiger partial charge < -0.3 is 15.0 Å². The van der Waals surface area contributed by atoms with Crippen LogP contribution in [0.4, 0.5) is 18.9 Å². The molecule has 0 aromatic carbocycles. The summed E-state index contributed by atoms with van der Waals surface area (Å²) in [4.78, 5) is 27.9. The molecule has 7 nitrogen and oxygen atoms in total. The lowest BCUT2D eigenvalue weighted by atomic mass is 9.81. The molecule has 0 saturated carbocycles. The molecule has 2 unspecified atom stereocenters. The monoisotopic (exact) mass is 485 g/mol. The molecular formula is C25H26F3N5O2. The molecule has 4 rings (SSSR count). The van der Waals surface area contributed by atoms with Crippen LogP contribution in [0.25, 0.3) is 11.3 Å². The van der Waals surface area contributed by atoms with E-state index in [0.717, 1.165) is 11.8 Å². The lowest BCUT2D eigenvalue weighted by Gasteiger charge is -2.51. The number of Topliss-reactive ketones (excluding diaryl/α,β-unsaturated/α-hetero) is 1. The molecule has 0 amide bonds. The number of carbonyl (C=O) groups is 1. The van der Waals surface area contributed by atoms with E-state index in [0.29, 0.717) is 24.5 Å². The smallest absolute Gasteiger partial charge is 0.357 e. The van der Waals surface area contributed by atoms with Gasteiger partial charge in [-0.1, -0.05) is 6.92 Å². The number of carbonyl (C=O) groups excluding carboxylic acids is 1. The lowest BCUT2D eigenvalue weighted by molar-refractivity contribution is -0.141. The molecule has 1 fully saturated rings. The number of aromatic nitrogens is 3. The summed E-state index contributed by atoms with van der Waals surface area (Å²) in [6, 6.07) is 9.73. The number of hydrogen-bond donors (Lipinski definition) is 1. The third kappa shape index (κ3) is 4.76. The number of anilines is 1. The van der Waals surface area contributed by atoms with Gasteiger partial charge in [0.2, 0.25) is 0 Å². The highest BCUT2D eigenvalue weighted by Crippen LogP contribution is 2.38. The maximum Gasteiger partial charge on any atom is 0.434 e. The van der Waals surface area contributed by atoms with Crippen LogP contribution in [0.3, 0.4) is 0 Å². The van der Waals surface area contributed by atoms with E-state index in [1.165, 1.54) is 12.1 Å². The summed E-state index contributed by atoms with van der Waals surface area (Å²) in [5.74, 6) is -0.669. The lowest BCUT2D eigenvalue weighted by Crippen LogP contribution is -2.70. The van der Waals surface area contributed by atoms with Crippen molar-refractivity contribution in [2.75, 3.05) is 24.6 Å². The second-order valence-corrected chi connectivity index (χ2v) is 8.16. The molecule has 10 heteroatoms.